The number of nitrogens with zero attached hydrogens (tertiary/aromatic N) is 4. The number of carbonyl (C=O) groups excluding carboxylic acids is 1. The summed E-state index contributed by atoms with van der Waals surface area (Å²) >= 11 is 0. The normalized spacial score (nSPS) is 15.4. The van der Waals surface area contributed by atoms with Gasteiger partial charge in [-0.05, 0) is 43.3 Å². The van der Waals surface area contributed by atoms with Crippen LogP contribution in [0.3, 0.4) is 0 Å². The van der Waals surface area contributed by atoms with E-state index in [1.807, 2.05) is 29.2 Å². The van der Waals surface area contributed by atoms with Crippen molar-refractivity contribution in [3.05, 3.63) is 72.9 Å². The lowest BCUT2D eigenvalue weighted by molar-refractivity contribution is 0.0763. The molecule has 5 rings (SSSR count). The highest BCUT2D eigenvalue weighted by Gasteiger charge is 2.25. The van der Waals surface area contributed by atoms with E-state index >= 15 is 0 Å². The quantitative estimate of drug-likeness (QED) is 0.521. The molecule has 3 aromatic heterocycles. The molecule has 1 aliphatic rings. The number of likely N-dealkylation sites (N-methyl/N-ethyl adjacent to an activating group) is 1. The van der Waals surface area contributed by atoms with Crippen LogP contribution >= 0.6 is 0 Å². The van der Waals surface area contributed by atoms with Crippen LogP contribution in [0, 0.1) is 0 Å². The fourth-order valence-corrected chi connectivity index (χ4v) is 4.14. The van der Waals surface area contributed by atoms with Gasteiger partial charge in [0.2, 0.25) is 0 Å². The maximum absolute atomic E-state index is 13.5. The predicted octanol–water partition coefficient (Wildman–Crippen LogP) is 4.04. The van der Waals surface area contributed by atoms with E-state index in [1.165, 1.54) is 6.39 Å². The number of hydrogen-bond donors (Lipinski definition) is 0. The molecule has 1 fully saturated rings. The molecule has 1 aromatic carbocycles. The minimum atomic E-state index is 0.0493. The third kappa shape index (κ3) is 3.39. The van der Waals surface area contributed by atoms with Crippen molar-refractivity contribution in [1.29, 1.82) is 0 Å². The summed E-state index contributed by atoms with van der Waals surface area (Å²) in [4.78, 5) is 22.1. The Hall–Kier alpha value is -3.38. The first-order chi connectivity index (χ1) is 14.7. The molecule has 0 bridgehead atoms. The molecule has 0 saturated carbocycles. The van der Waals surface area contributed by atoms with Gasteiger partial charge in [0.1, 0.15) is 12.0 Å². The first-order valence-corrected chi connectivity index (χ1v) is 10.3. The average Bonchev–Trinajstić information content (AvgIpc) is 3.37. The summed E-state index contributed by atoms with van der Waals surface area (Å²) in [5, 5.41) is 0. The van der Waals surface area contributed by atoms with Crippen molar-refractivity contribution in [2.75, 3.05) is 33.2 Å². The van der Waals surface area contributed by atoms with Crippen molar-refractivity contribution >= 4 is 11.4 Å². The number of pyridine rings is 1. The third-order valence-corrected chi connectivity index (χ3v) is 5.79. The second-order valence-electron chi connectivity index (χ2n) is 7.81. The number of hydrogen-bond acceptors (Lipinski definition) is 4. The Balaban J connectivity index is 1.63. The van der Waals surface area contributed by atoms with Gasteiger partial charge in [0.25, 0.3) is 5.91 Å². The maximum Gasteiger partial charge on any atom is 0.256 e. The van der Waals surface area contributed by atoms with E-state index in [4.69, 9.17) is 4.42 Å². The largest absolute Gasteiger partial charge is 0.451 e. The Morgan fingerprint density at radius 3 is 2.67 bits per heavy atom. The molecule has 6 nitrogen and oxygen atoms in total. The Morgan fingerprint density at radius 1 is 1.00 bits per heavy atom. The molecular formula is C24H24N4O2. The van der Waals surface area contributed by atoms with Gasteiger partial charge in [-0.3, -0.25) is 4.79 Å². The van der Waals surface area contributed by atoms with Crippen LogP contribution in [0.4, 0.5) is 0 Å². The standard InChI is InChI=1S/C24H24N4O2/c1-26-10-5-11-27(13-12-26)24(29)21-14-20-9-8-19(18-6-3-2-4-7-18)15-28(20)23(21)22-16-30-17-25-22/h2-4,6-9,14-17H,5,10-13H2,1H3. The minimum Gasteiger partial charge on any atom is -0.451 e. The molecule has 0 unspecified atom stereocenters. The second kappa shape index (κ2) is 7.80. The van der Waals surface area contributed by atoms with Crippen molar-refractivity contribution in [2.45, 2.75) is 6.42 Å². The number of amides is 1. The van der Waals surface area contributed by atoms with Crippen LogP contribution in [-0.2, 0) is 0 Å². The molecule has 30 heavy (non-hydrogen) atoms. The molecule has 152 valence electrons. The first-order valence-electron chi connectivity index (χ1n) is 10.3. The van der Waals surface area contributed by atoms with Gasteiger partial charge in [-0.25, -0.2) is 4.98 Å². The molecule has 0 radical (unpaired) electrons. The average molecular weight is 400 g/mol. The predicted molar refractivity (Wildman–Crippen MR) is 116 cm³/mol. The van der Waals surface area contributed by atoms with Crippen molar-refractivity contribution in [3.63, 3.8) is 0 Å². The van der Waals surface area contributed by atoms with Gasteiger partial charge in [0.05, 0.1) is 11.3 Å². The van der Waals surface area contributed by atoms with E-state index < -0.39 is 0 Å². The lowest BCUT2D eigenvalue weighted by Gasteiger charge is -2.20. The number of rotatable bonds is 3. The highest BCUT2D eigenvalue weighted by atomic mass is 16.3. The van der Waals surface area contributed by atoms with Gasteiger partial charge in [-0.1, -0.05) is 36.4 Å². The van der Waals surface area contributed by atoms with Gasteiger partial charge in [0.15, 0.2) is 6.39 Å². The molecule has 6 heteroatoms. The van der Waals surface area contributed by atoms with Crippen LogP contribution in [0.1, 0.15) is 16.8 Å². The van der Waals surface area contributed by atoms with Crippen LogP contribution in [0.5, 0.6) is 0 Å². The van der Waals surface area contributed by atoms with Gasteiger partial charge < -0.3 is 18.6 Å². The lowest BCUT2D eigenvalue weighted by atomic mass is 10.1. The minimum absolute atomic E-state index is 0.0493. The number of aromatic nitrogens is 2. The summed E-state index contributed by atoms with van der Waals surface area (Å²) < 4.78 is 7.31. The molecule has 4 aromatic rings. The molecule has 1 aliphatic heterocycles. The maximum atomic E-state index is 13.5. The van der Waals surface area contributed by atoms with E-state index in [9.17, 15) is 4.79 Å². The summed E-state index contributed by atoms with van der Waals surface area (Å²) in [5.41, 5.74) is 5.28. The van der Waals surface area contributed by atoms with Gasteiger partial charge in [0, 0.05) is 31.3 Å². The van der Waals surface area contributed by atoms with E-state index in [0.29, 0.717) is 11.3 Å². The zero-order chi connectivity index (χ0) is 20.5. The summed E-state index contributed by atoms with van der Waals surface area (Å²) in [6.45, 7) is 3.40. The van der Waals surface area contributed by atoms with E-state index in [1.54, 1.807) is 6.26 Å². The molecular weight excluding hydrogens is 376 g/mol. The van der Waals surface area contributed by atoms with Gasteiger partial charge in [-0.15, -0.1) is 0 Å². The topological polar surface area (TPSA) is 54.0 Å². The van der Waals surface area contributed by atoms with E-state index in [0.717, 1.165) is 54.9 Å². The van der Waals surface area contributed by atoms with Crippen LogP contribution < -0.4 is 0 Å². The fraction of sp³-hybridized carbons (Fsp3) is 0.250. The number of oxazole rings is 1. The summed E-state index contributed by atoms with van der Waals surface area (Å²) in [6.07, 6.45) is 6.06. The zero-order valence-electron chi connectivity index (χ0n) is 17.0. The highest BCUT2D eigenvalue weighted by molar-refractivity contribution is 6.02. The third-order valence-electron chi connectivity index (χ3n) is 5.79. The Labute approximate surface area is 175 Å². The van der Waals surface area contributed by atoms with Crippen molar-refractivity contribution in [1.82, 2.24) is 19.2 Å². The summed E-state index contributed by atoms with van der Waals surface area (Å²) in [5.74, 6) is 0.0493. The monoisotopic (exact) mass is 400 g/mol. The van der Waals surface area contributed by atoms with Gasteiger partial charge >= 0.3 is 0 Å². The Kier molecular flexibility index (Phi) is 4.85. The zero-order valence-corrected chi connectivity index (χ0v) is 17.0. The lowest BCUT2D eigenvalue weighted by Crippen LogP contribution is -2.34. The summed E-state index contributed by atoms with van der Waals surface area (Å²) in [7, 11) is 2.10. The summed E-state index contributed by atoms with van der Waals surface area (Å²) in [6, 6.07) is 16.3. The molecule has 0 N–H and O–H groups in total. The smallest absolute Gasteiger partial charge is 0.256 e. The number of carbonyl (C=O) groups is 1. The SMILES string of the molecule is CN1CCCN(C(=O)c2cc3ccc(-c4ccccc4)cn3c2-c2cocn2)CC1. The number of benzene rings is 1. The number of fused-ring (bicyclic) bond motifs is 1. The van der Waals surface area contributed by atoms with Crippen molar-refractivity contribution < 1.29 is 9.21 Å². The Bertz CT molecular complexity index is 1160. The van der Waals surface area contributed by atoms with E-state index in [2.05, 4.69) is 51.8 Å². The van der Waals surface area contributed by atoms with Crippen LogP contribution in [-0.4, -0.2) is 58.3 Å². The van der Waals surface area contributed by atoms with Crippen LogP contribution in [0.15, 0.2) is 71.8 Å². The van der Waals surface area contributed by atoms with Crippen LogP contribution in [0.2, 0.25) is 0 Å². The second-order valence-corrected chi connectivity index (χ2v) is 7.81. The molecule has 0 aliphatic carbocycles. The molecule has 1 amide bonds. The fourth-order valence-electron chi connectivity index (χ4n) is 4.14. The van der Waals surface area contributed by atoms with Gasteiger partial charge in [-0.2, -0.15) is 0 Å². The molecule has 0 spiro atoms. The van der Waals surface area contributed by atoms with E-state index in [-0.39, 0.29) is 5.91 Å². The van der Waals surface area contributed by atoms with Crippen molar-refractivity contribution in [2.24, 2.45) is 0 Å². The molecule has 4 heterocycles. The first kappa shape index (κ1) is 18.6. The Morgan fingerprint density at radius 2 is 1.87 bits per heavy atom. The van der Waals surface area contributed by atoms with Crippen LogP contribution in [0.25, 0.3) is 28.0 Å². The molecule has 1 saturated heterocycles. The van der Waals surface area contributed by atoms with Crippen molar-refractivity contribution in [3.8, 4) is 22.5 Å². The molecule has 0 atom stereocenters. The highest BCUT2D eigenvalue weighted by Crippen LogP contribution is 2.30.